The van der Waals surface area contributed by atoms with Crippen molar-refractivity contribution in [3.8, 4) is 16.9 Å². The van der Waals surface area contributed by atoms with Crippen molar-refractivity contribution in [1.82, 2.24) is 0 Å². The first-order chi connectivity index (χ1) is 12.4. The Morgan fingerprint density at radius 2 is 1.48 bits per heavy atom. The Labute approximate surface area is 174 Å². The average Bonchev–Trinajstić information content (AvgIpc) is 2.86. The zero-order valence-corrected chi connectivity index (χ0v) is 18.4. The summed E-state index contributed by atoms with van der Waals surface area (Å²) in [4.78, 5) is 0. The number of hydrogen-bond acceptors (Lipinski definition) is 1. The van der Waals surface area contributed by atoms with Crippen molar-refractivity contribution in [1.29, 1.82) is 0 Å². The van der Waals surface area contributed by atoms with E-state index in [0.717, 1.165) is 5.75 Å². The van der Waals surface area contributed by atoms with Crippen LogP contribution < -0.4 is 4.74 Å². The van der Waals surface area contributed by atoms with Crippen molar-refractivity contribution in [2.24, 2.45) is 0 Å². The fraction of sp³-hybridized carbons (Fsp3) is 0.440. The van der Waals surface area contributed by atoms with Crippen LogP contribution in [0.1, 0.15) is 75.3 Å². The molecule has 0 heterocycles. The van der Waals surface area contributed by atoms with Crippen molar-refractivity contribution in [2.45, 2.75) is 63.9 Å². The van der Waals surface area contributed by atoms with Crippen LogP contribution in [0, 0.1) is 0 Å². The van der Waals surface area contributed by atoms with Crippen LogP contribution in [0.15, 0.2) is 35.9 Å². The molecule has 2 aromatic rings. The molecule has 1 nitrogen and oxygen atoms in total. The van der Waals surface area contributed by atoms with E-state index < -0.39 is 0 Å². The van der Waals surface area contributed by atoms with Crippen LogP contribution in [-0.2, 0) is 10.8 Å². The Balaban J connectivity index is 2.34. The number of fused-ring (bicyclic) bond motifs is 1. The second-order valence-electron chi connectivity index (χ2n) is 10.0. The number of benzene rings is 2. The fourth-order valence-corrected chi connectivity index (χ4v) is 4.09. The van der Waals surface area contributed by atoms with E-state index in [1.165, 1.54) is 39.0 Å². The molecule has 0 spiro atoms. The third kappa shape index (κ3) is 3.65. The quantitative estimate of drug-likeness (QED) is 0.553. The van der Waals surface area contributed by atoms with Gasteiger partial charge in [0, 0.05) is 0 Å². The minimum atomic E-state index is 0.0123. The summed E-state index contributed by atoms with van der Waals surface area (Å²) in [6, 6.07) is 11.4. The molecular formula is C25H31LiO. The predicted molar refractivity (Wildman–Crippen MR) is 118 cm³/mol. The first kappa shape index (κ1) is 20.3. The summed E-state index contributed by atoms with van der Waals surface area (Å²) in [6.07, 6.45) is 2.37. The van der Waals surface area contributed by atoms with Gasteiger partial charge in [-0.3, -0.25) is 0 Å². The molecule has 2 heteroatoms. The number of ether oxygens (including phenoxy) is 1. The standard InChI is InChI=1S/C25H31O.Li/c1-16-12-17-10-9-11-19(20(17)13-16)18-14-21(24(2,3)4)23(26-8)22(15-18)25(5,6)7;/h9-15H,1-8H3;. The van der Waals surface area contributed by atoms with Gasteiger partial charge in [0.2, 0.25) is 0 Å². The molecule has 1 aliphatic rings. The van der Waals surface area contributed by atoms with Crippen LogP contribution >= 0.6 is 0 Å². The third-order valence-corrected chi connectivity index (χ3v) is 5.88. The maximum atomic E-state index is 5.94. The van der Waals surface area contributed by atoms with E-state index in [1.54, 1.807) is 7.11 Å². The minimum absolute atomic E-state index is 0.0123. The molecule has 0 aromatic heterocycles. The molecule has 1 atom stereocenters. The second kappa shape index (κ2) is 6.88. The molecule has 0 amide bonds. The Kier molecular flexibility index (Phi) is 5.17. The van der Waals surface area contributed by atoms with Crippen LogP contribution in [0.4, 0.5) is 0 Å². The molecule has 2 aromatic carbocycles. The molecule has 0 saturated carbocycles. The van der Waals surface area contributed by atoms with Gasteiger partial charge < -0.3 is 0 Å². The van der Waals surface area contributed by atoms with Gasteiger partial charge in [0.1, 0.15) is 0 Å². The van der Waals surface area contributed by atoms with Gasteiger partial charge in [-0.05, 0) is 0 Å². The monoisotopic (exact) mass is 354 g/mol. The molecule has 0 radical (unpaired) electrons. The summed E-state index contributed by atoms with van der Waals surface area (Å²) < 4.78 is 6.44. The number of rotatable bonds is 2. The molecule has 0 aliphatic heterocycles. The van der Waals surface area contributed by atoms with Gasteiger partial charge in [-0.2, -0.15) is 0 Å². The van der Waals surface area contributed by atoms with E-state index in [1.807, 2.05) is 0 Å². The molecular weight excluding hydrogens is 323 g/mol. The van der Waals surface area contributed by atoms with Gasteiger partial charge in [0.25, 0.3) is 0 Å². The fourth-order valence-electron chi connectivity index (χ4n) is 4.09. The number of methoxy groups -OCH3 is 1. The Hall–Kier alpha value is -1.42. The van der Waals surface area contributed by atoms with Crippen LogP contribution in [0.2, 0.25) is 0 Å². The zero-order chi connectivity index (χ0) is 20.1. The Morgan fingerprint density at radius 1 is 0.926 bits per heavy atom. The van der Waals surface area contributed by atoms with Gasteiger partial charge in [0.05, 0.1) is 0 Å². The van der Waals surface area contributed by atoms with Crippen LogP contribution in [0.5, 0.6) is 5.75 Å². The van der Waals surface area contributed by atoms with E-state index in [4.69, 9.17) is 4.74 Å². The topological polar surface area (TPSA) is 9.23 Å². The third-order valence-electron chi connectivity index (χ3n) is 5.88. The Morgan fingerprint density at radius 3 is 1.96 bits per heavy atom. The number of hydrogen-bond donors (Lipinski definition) is 0. The van der Waals surface area contributed by atoms with E-state index in [2.05, 4.69) is 103 Å². The van der Waals surface area contributed by atoms with Crippen LogP contribution in [0.3, 0.4) is 0 Å². The van der Waals surface area contributed by atoms with Crippen LogP contribution in [-0.4, -0.2) is 24.8 Å². The van der Waals surface area contributed by atoms with E-state index >= 15 is 0 Å². The average molecular weight is 354 g/mol. The molecule has 0 saturated heterocycles. The molecule has 27 heavy (non-hydrogen) atoms. The van der Waals surface area contributed by atoms with Crippen molar-refractivity contribution in [3.63, 3.8) is 0 Å². The molecule has 3 rings (SSSR count). The van der Waals surface area contributed by atoms with Gasteiger partial charge in [-0.25, -0.2) is 0 Å². The molecule has 1 aliphatic carbocycles. The van der Waals surface area contributed by atoms with E-state index in [9.17, 15) is 0 Å². The molecule has 0 N–H and O–H groups in total. The zero-order valence-electron chi connectivity index (χ0n) is 18.4. The van der Waals surface area contributed by atoms with Gasteiger partial charge in [0.15, 0.2) is 0 Å². The van der Waals surface area contributed by atoms with Gasteiger partial charge >= 0.3 is 175 Å². The summed E-state index contributed by atoms with van der Waals surface area (Å²) >= 11 is 2.30. The SMILES string of the molecule is [Li][CH]1C(C)=Cc2c(-c3cc(C(C)(C)C)c(OC)c(C(C)(C)C)c3)cccc21. The van der Waals surface area contributed by atoms with Crippen molar-refractivity contribution >= 4 is 23.8 Å². The van der Waals surface area contributed by atoms with Gasteiger partial charge in [-0.15, -0.1) is 0 Å². The summed E-state index contributed by atoms with van der Waals surface area (Å²) in [5, 5.41) is 0. The summed E-state index contributed by atoms with van der Waals surface area (Å²) in [6.45, 7) is 15.8. The van der Waals surface area contributed by atoms with Crippen molar-refractivity contribution < 1.29 is 4.74 Å². The van der Waals surface area contributed by atoms with Crippen molar-refractivity contribution in [2.75, 3.05) is 7.11 Å². The normalized spacial score (nSPS) is 17.0. The Bertz CT molecular complexity index is 872. The molecule has 0 fully saturated rings. The molecule has 138 valence electrons. The number of allylic oxidation sites excluding steroid dienone is 1. The van der Waals surface area contributed by atoms with Gasteiger partial charge in [-0.1, -0.05) is 0 Å². The van der Waals surface area contributed by atoms with E-state index in [-0.39, 0.29) is 10.8 Å². The first-order valence-electron chi connectivity index (χ1n) is 9.99. The van der Waals surface area contributed by atoms with E-state index in [0.29, 0.717) is 4.59 Å². The first-order valence-corrected chi connectivity index (χ1v) is 9.99. The summed E-state index contributed by atoms with van der Waals surface area (Å²) in [7, 11) is 1.80. The second-order valence-corrected chi connectivity index (χ2v) is 10.0. The predicted octanol–water partition coefficient (Wildman–Crippen LogP) is 6.58. The molecule has 0 bridgehead atoms. The van der Waals surface area contributed by atoms with Crippen molar-refractivity contribution in [3.05, 3.63) is 58.2 Å². The maximum absolute atomic E-state index is 5.94. The summed E-state index contributed by atoms with van der Waals surface area (Å²) in [5.74, 6) is 1.03. The van der Waals surface area contributed by atoms with Crippen LogP contribution in [0.25, 0.3) is 17.2 Å². The molecule has 1 unspecified atom stereocenters. The summed E-state index contributed by atoms with van der Waals surface area (Å²) in [5.41, 5.74) is 9.46.